The smallest absolute Gasteiger partial charge is 0.267 e. The zero-order valence-corrected chi connectivity index (χ0v) is 17.7. The van der Waals surface area contributed by atoms with Crippen LogP contribution in [0.4, 0.5) is 17.5 Å². The van der Waals surface area contributed by atoms with Gasteiger partial charge in [0.05, 0.1) is 17.6 Å². The van der Waals surface area contributed by atoms with E-state index in [9.17, 15) is 9.59 Å². The van der Waals surface area contributed by atoms with Gasteiger partial charge in [-0.15, -0.1) is 0 Å². The van der Waals surface area contributed by atoms with Crippen molar-refractivity contribution in [2.75, 3.05) is 17.2 Å². The molecular formula is C23H27N7O2. The molecule has 0 unspecified atom stereocenters. The maximum absolute atomic E-state index is 12.5. The molecule has 1 aromatic carbocycles. The molecule has 1 saturated carbocycles. The van der Waals surface area contributed by atoms with Gasteiger partial charge in [0.1, 0.15) is 5.56 Å². The van der Waals surface area contributed by atoms with Crippen LogP contribution in [-0.2, 0) is 0 Å². The lowest BCUT2D eigenvalue weighted by molar-refractivity contribution is 0.0999. The molecular weight excluding hydrogens is 406 g/mol. The maximum Gasteiger partial charge on any atom is 0.267 e. The Morgan fingerprint density at radius 1 is 1.09 bits per heavy atom. The quantitative estimate of drug-likeness (QED) is 0.384. The number of carbonyl (C=O) groups excluding carboxylic acids is 1. The number of aromatic nitrogens is 3. The summed E-state index contributed by atoms with van der Waals surface area (Å²) >= 11 is 0. The van der Waals surface area contributed by atoms with Gasteiger partial charge in [-0.25, -0.2) is 0 Å². The monoisotopic (exact) mass is 433 g/mol. The molecule has 9 heteroatoms. The molecule has 4 rings (SSSR count). The normalized spacial score (nSPS) is 15.2. The van der Waals surface area contributed by atoms with E-state index in [1.165, 1.54) is 6.42 Å². The van der Waals surface area contributed by atoms with Gasteiger partial charge in [-0.3, -0.25) is 19.6 Å². The lowest BCUT2D eigenvalue weighted by Gasteiger charge is -2.33. The second kappa shape index (κ2) is 9.19. The fraction of sp³-hybridized carbons (Fsp3) is 0.304. The van der Waals surface area contributed by atoms with Crippen molar-refractivity contribution in [3.05, 3.63) is 64.6 Å². The Kier molecular flexibility index (Phi) is 6.18. The first-order valence-corrected chi connectivity index (χ1v) is 10.7. The number of hydrogen-bond acceptors (Lipinski definition) is 7. The van der Waals surface area contributed by atoms with Gasteiger partial charge >= 0.3 is 0 Å². The van der Waals surface area contributed by atoms with Gasteiger partial charge in [0.25, 0.3) is 11.5 Å². The highest BCUT2D eigenvalue weighted by molar-refractivity contribution is 5.98. The molecule has 0 saturated heterocycles. The summed E-state index contributed by atoms with van der Waals surface area (Å²) in [7, 11) is 0. The highest BCUT2D eigenvalue weighted by Gasteiger charge is 2.27. The minimum Gasteiger partial charge on any atom is -0.365 e. The average molecular weight is 434 g/mol. The second-order valence-electron chi connectivity index (χ2n) is 8.20. The molecule has 1 aliphatic rings. The summed E-state index contributed by atoms with van der Waals surface area (Å²) in [6, 6.07) is 13.4. The predicted molar refractivity (Wildman–Crippen MR) is 125 cm³/mol. The molecule has 9 nitrogen and oxygen atoms in total. The molecule has 0 spiro atoms. The largest absolute Gasteiger partial charge is 0.365 e. The highest BCUT2D eigenvalue weighted by atomic mass is 16.2. The number of anilines is 3. The highest BCUT2D eigenvalue weighted by Crippen LogP contribution is 2.26. The number of rotatable bonds is 7. The number of aromatic amines is 1. The Bertz CT molecular complexity index is 1140. The van der Waals surface area contributed by atoms with Crippen LogP contribution in [0.3, 0.4) is 0 Å². The van der Waals surface area contributed by atoms with Crippen molar-refractivity contribution in [1.29, 1.82) is 0 Å². The van der Waals surface area contributed by atoms with Crippen molar-refractivity contribution in [3.8, 4) is 11.3 Å². The molecule has 1 amide bonds. The van der Waals surface area contributed by atoms with E-state index >= 15 is 0 Å². The minimum atomic E-state index is -0.871. The number of carbonyl (C=O) groups is 1. The van der Waals surface area contributed by atoms with E-state index in [-0.39, 0.29) is 22.9 Å². The molecule has 1 fully saturated rings. The third-order valence-electron chi connectivity index (χ3n) is 5.72. The summed E-state index contributed by atoms with van der Waals surface area (Å²) in [6.45, 7) is 0.471. The van der Waals surface area contributed by atoms with E-state index in [4.69, 9.17) is 11.5 Å². The third-order valence-corrected chi connectivity index (χ3v) is 5.72. The fourth-order valence-electron chi connectivity index (χ4n) is 3.95. The number of pyridine rings is 1. The third kappa shape index (κ3) is 4.94. The molecule has 0 radical (unpaired) electrons. The first-order chi connectivity index (χ1) is 15.4. The molecule has 2 aromatic heterocycles. The van der Waals surface area contributed by atoms with Crippen LogP contribution in [0.15, 0.2) is 53.5 Å². The van der Waals surface area contributed by atoms with Crippen LogP contribution >= 0.6 is 0 Å². The number of hydrogen-bond donors (Lipinski definition) is 5. The number of nitrogens with one attached hydrogen (secondary N) is 3. The van der Waals surface area contributed by atoms with Crippen LogP contribution in [-0.4, -0.2) is 32.9 Å². The molecule has 2 heterocycles. The van der Waals surface area contributed by atoms with Gasteiger partial charge in [-0.05, 0) is 25.0 Å². The van der Waals surface area contributed by atoms with Crippen molar-refractivity contribution in [2.24, 2.45) is 11.5 Å². The predicted octanol–water partition coefficient (Wildman–Crippen LogP) is 2.75. The van der Waals surface area contributed by atoms with Crippen LogP contribution in [0.2, 0.25) is 0 Å². The summed E-state index contributed by atoms with van der Waals surface area (Å²) in [5.41, 5.74) is 13.0. The van der Waals surface area contributed by atoms with Crippen molar-refractivity contribution >= 4 is 23.4 Å². The van der Waals surface area contributed by atoms with E-state index in [2.05, 4.69) is 25.6 Å². The van der Waals surface area contributed by atoms with E-state index < -0.39 is 11.5 Å². The zero-order valence-electron chi connectivity index (χ0n) is 17.7. The Hall–Kier alpha value is -3.72. The lowest BCUT2D eigenvalue weighted by Crippen LogP contribution is -2.48. The van der Waals surface area contributed by atoms with Crippen LogP contribution in [0.1, 0.15) is 42.5 Å². The second-order valence-corrected chi connectivity index (χ2v) is 8.20. The van der Waals surface area contributed by atoms with Gasteiger partial charge in [0.2, 0.25) is 5.95 Å². The van der Waals surface area contributed by atoms with Crippen molar-refractivity contribution in [1.82, 2.24) is 15.0 Å². The summed E-state index contributed by atoms with van der Waals surface area (Å²) in [5.74, 6) is -0.580. The van der Waals surface area contributed by atoms with Gasteiger partial charge in [0, 0.05) is 17.6 Å². The van der Waals surface area contributed by atoms with Crippen LogP contribution in [0, 0.1) is 0 Å². The van der Waals surface area contributed by atoms with Gasteiger partial charge in [-0.2, -0.15) is 4.98 Å². The molecule has 7 N–H and O–H groups in total. The number of benzene rings is 1. The first kappa shape index (κ1) is 21.5. The van der Waals surface area contributed by atoms with E-state index in [0.717, 1.165) is 36.9 Å². The Balaban J connectivity index is 1.56. The Morgan fingerprint density at radius 2 is 1.84 bits per heavy atom. The van der Waals surface area contributed by atoms with E-state index in [0.29, 0.717) is 12.2 Å². The molecule has 0 atom stereocenters. The van der Waals surface area contributed by atoms with Gasteiger partial charge in [-0.1, -0.05) is 49.6 Å². The minimum absolute atomic E-state index is 0.0627. The number of nitrogens with two attached hydrogens (primary N) is 2. The first-order valence-electron chi connectivity index (χ1n) is 10.7. The molecule has 166 valence electrons. The van der Waals surface area contributed by atoms with E-state index in [1.807, 2.05) is 36.4 Å². The fourth-order valence-corrected chi connectivity index (χ4v) is 3.95. The maximum atomic E-state index is 12.5. The van der Waals surface area contributed by atoms with Crippen molar-refractivity contribution in [2.45, 2.75) is 37.6 Å². The number of primary amides is 1. The molecule has 32 heavy (non-hydrogen) atoms. The molecule has 1 aliphatic carbocycles. The lowest BCUT2D eigenvalue weighted by atomic mass is 9.82. The molecule has 0 aliphatic heterocycles. The van der Waals surface area contributed by atoms with Crippen LogP contribution < -0.4 is 27.7 Å². The van der Waals surface area contributed by atoms with Gasteiger partial charge in [0.15, 0.2) is 5.82 Å². The topological polar surface area (TPSA) is 152 Å². The van der Waals surface area contributed by atoms with Crippen molar-refractivity contribution in [3.63, 3.8) is 0 Å². The molecule has 0 bridgehead atoms. The standard InChI is InChI=1S/C23H27N7O2/c24-19(31)18-20(28-16-9-10-17(26-13-16)15-7-3-1-4-8-15)29-22(30-21(18)32)27-14-23(25)11-5-2-6-12-23/h1,3-4,7-10,13H,2,5-6,11-12,14,25H2,(H2,24,31)(H3,27,28,29,30,32). The molecule has 3 aromatic rings. The Labute approximate surface area is 185 Å². The number of amides is 1. The summed E-state index contributed by atoms with van der Waals surface area (Å²) in [5, 5.41) is 6.11. The van der Waals surface area contributed by atoms with E-state index in [1.54, 1.807) is 12.3 Å². The zero-order chi connectivity index (χ0) is 22.6. The summed E-state index contributed by atoms with van der Waals surface area (Å²) < 4.78 is 0. The number of nitrogens with zero attached hydrogens (tertiary/aromatic N) is 2. The van der Waals surface area contributed by atoms with Crippen LogP contribution in [0.25, 0.3) is 11.3 Å². The summed E-state index contributed by atoms with van der Waals surface area (Å²) in [6.07, 6.45) is 6.79. The Morgan fingerprint density at radius 3 is 2.50 bits per heavy atom. The van der Waals surface area contributed by atoms with Crippen molar-refractivity contribution < 1.29 is 4.79 Å². The average Bonchev–Trinajstić information content (AvgIpc) is 2.79. The SMILES string of the molecule is NC(=O)c1c(Nc2ccc(-c3ccccc3)nc2)nc(NCC2(N)CCCCC2)[nH]c1=O. The number of H-pyrrole nitrogens is 1. The van der Waals surface area contributed by atoms with Crippen LogP contribution in [0.5, 0.6) is 0 Å². The van der Waals surface area contributed by atoms with Gasteiger partial charge < -0.3 is 22.1 Å². The summed E-state index contributed by atoms with van der Waals surface area (Å²) in [4.78, 5) is 35.9.